The van der Waals surface area contributed by atoms with Gasteiger partial charge in [-0.25, -0.2) is 0 Å². The van der Waals surface area contributed by atoms with Crippen LogP contribution < -0.4 is 0 Å². The van der Waals surface area contributed by atoms with E-state index in [2.05, 4.69) is 46.2 Å². The van der Waals surface area contributed by atoms with Crippen molar-refractivity contribution in [2.45, 2.75) is 33.1 Å². The van der Waals surface area contributed by atoms with E-state index in [4.69, 9.17) is 0 Å². The Balaban J connectivity index is 2.17. The lowest BCUT2D eigenvalue weighted by atomic mass is 10.0. The molecule has 0 radical (unpaired) electrons. The number of aliphatic imine (C=N–C) groups is 2. The van der Waals surface area contributed by atoms with E-state index in [0.29, 0.717) is 0 Å². The molecule has 0 aliphatic carbocycles. The van der Waals surface area contributed by atoms with Gasteiger partial charge in [0.1, 0.15) is 0 Å². The topological polar surface area (TPSA) is 24.7 Å². The molecule has 1 aromatic heterocycles. The summed E-state index contributed by atoms with van der Waals surface area (Å²) in [6, 6.07) is 4.26. The van der Waals surface area contributed by atoms with E-state index < -0.39 is 0 Å². The van der Waals surface area contributed by atoms with E-state index in [-0.39, 0.29) is 0 Å². The lowest BCUT2D eigenvalue weighted by Crippen LogP contribution is -2.10. The molecule has 2 rings (SSSR count). The van der Waals surface area contributed by atoms with Gasteiger partial charge in [0.05, 0.1) is 11.4 Å². The molecule has 0 saturated heterocycles. The SMILES string of the molecule is C=CC(=C\C)/C1=C/N=C(C)C(CCc2cccs2)=N/C=C\C1. The minimum Gasteiger partial charge on any atom is -0.260 e. The van der Waals surface area contributed by atoms with E-state index in [0.717, 1.165) is 36.3 Å². The highest BCUT2D eigenvalue weighted by atomic mass is 32.1. The fraction of sp³-hybridized carbons (Fsp3) is 0.263. The molecule has 0 fully saturated rings. The molecule has 1 aromatic rings. The molecule has 22 heavy (non-hydrogen) atoms. The van der Waals surface area contributed by atoms with Gasteiger partial charge in [0.2, 0.25) is 0 Å². The summed E-state index contributed by atoms with van der Waals surface area (Å²) in [5, 5.41) is 2.12. The second kappa shape index (κ2) is 8.44. The largest absolute Gasteiger partial charge is 0.260 e. The molecule has 0 saturated carbocycles. The van der Waals surface area contributed by atoms with Crippen LogP contribution in [-0.4, -0.2) is 11.4 Å². The Labute approximate surface area is 137 Å². The highest BCUT2D eigenvalue weighted by Crippen LogP contribution is 2.18. The molecule has 1 aliphatic rings. The molecular weight excluding hydrogens is 288 g/mol. The third-order valence-electron chi connectivity index (χ3n) is 3.60. The van der Waals surface area contributed by atoms with Crippen LogP contribution >= 0.6 is 11.3 Å². The molecule has 2 nitrogen and oxygen atoms in total. The van der Waals surface area contributed by atoms with Gasteiger partial charge in [-0.3, -0.25) is 9.98 Å². The third-order valence-corrected chi connectivity index (χ3v) is 4.53. The van der Waals surface area contributed by atoms with Crippen molar-refractivity contribution in [3.63, 3.8) is 0 Å². The Morgan fingerprint density at radius 2 is 2.23 bits per heavy atom. The van der Waals surface area contributed by atoms with Crippen molar-refractivity contribution in [3.05, 3.63) is 70.7 Å². The summed E-state index contributed by atoms with van der Waals surface area (Å²) in [6.07, 6.45) is 12.6. The second-order valence-electron chi connectivity index (χ2n) is 5.06. The van der Waals surface area contributed by atoms with E-state index in [1.54, 1.807) is 11.3 Å². The monoisotopic (exact) mass is 310 g/mol. The van der Waals surface area contributed by atoms with Gasteiger partial charge >= 0.3 is 0 Å². The fourth-order valence-corrected chi connectivity index (χ4v) is 3.00. The number of thiophene rings is 1. The standard InChI is InChI=1S/C19H22N2S/c1-4-16(5-2)17-8-6-12-20-19(15(3)21-14-17)11-10-18-9-7-13-22-18/h4-7,9,12-14H,1,8,10-11H2,2-3H3/b12-6-,16-5+,17-14+,20-19?,21-15?. The number of nitrogens with zero attached hydrogens (tertiary/aromatic N) is 2. The van der Waals surface area contributed by atoms with Crippen molar-refractivity contribution in [1.29, 1.82) is 0 Å². The van der Waals surface area contributed by atoms with Crippen molar-refractivity contribution in [1.82, 2.24) is 0 Å². The number of hydrogen-bond donors (Lipinski definition) is 0. The first-order valence-corrected chi connectivity index (χ1v) is 8.39. The van der Waals surface area contributed by atoms with Gasteiger partial charge in [-0.05, 0) is 55.7 Å². The van der Waals surface area contributed by atoms with Crippen molar-refractivity contribution in [2.24, 2.45) is 9.98 Å². The van der Waals surface area contributed by atoms with Crippen LogP contribution in [0, 0.1) is 0 Å². The van der Waals surface area contributed by atoms with E-state index in [1.807, 2.05) is 32.3 Å². The number of aryl methyl sites for hydroxylation is 1. The molecule has 0 unspecified atom stereocenters. The quantitative estimate of drug-likeness (QED) is 0.640. The molecule has 114 valence electrons. The summed E-state index contributed by atoms with van der Waals surface area (Å²) in [6.45, 7) is 7.92. The van der Waals surface area contributed by atoms with Gasteiger partial charge in [0.25, 0.3) is 0 Å². The van der Waals surface area contributed by atoms with Crippen LogP contribution in [0.4, 0.5) is 0 Å². The molecule has 0 spiro atoms. The lowest BCUT2D eigenvalue weighted by molar-refractivity contribution is 1.07. The second-order valence-corrected chi connectivity index (χ2v) is 6.09. The first-order chi connectivity index (χ1) is 10.7. The van der Waals surface area contributed by atoms with Crippen molar-refractivity contribution in [3.8, 4) is 0 Å². The van der Waals surface area contributed by atoms with Crippen LogP contribution in [0.3, 0.4) is 0 Å². The van der Waals surface area contributed by atoms with Crippen LogP contribution in [0.1, 0.15) is 31.6 Å². The molecule has 0 atom stereocenters. The summed E-state index contributed by atoms with van der Waals surface area (Å²) in [7, 11) is 0. The zero-order chi connectivity index (χ0) is 15.8. The molecule has 1 aliphatic heterocycles. The van der Waals surface area contributed by atoms with Gasteiger partial charge in [0.15, 0.2) is 0 Å². The zero-order valence-electron chi connectivity index (χ0n) is 13.2. The Hall–Kier alpha value is -2.00. The molecule has 0 bridgehead atoms. The maximum atomic E-state index is 4.62. The van der Waals surface area contributed by atoms with Crippen LogP contribution in [-0.2, 0) is 6.42 Å². The average Bonchev–Trinajstić information content (AvgIpc) is 3.06. The normalized spacial score (nSPS) is 19.9. The van der Waals surface area contributed by atoms with Gasteiger partial charge in [-0.1, -0.05) is 30.9 Å². The highest BCUT2D eigenvalue weighted by Gasteiger charge is 2.07. The van der Waals surface area contributed by atoms with Gasteiger partial charge < -0.3 is 0 Å². The molecule has 3 heteroatoms. The third kappa shape index (κ3) is 4.50. The summed E-state index contributed by atoms with van der Waals surface area (Å²) in [4.78, 5) is 10.6. The van der Waals surface area contributed by atoms with Gasteiger partial charge in [-0.2, -0.15) is 0 Å². The number of allylic oxidation sites excluding steroid dienone is 5. The highest BCUT2D eigenvalue weighted by molar-refractivity contribution is 7.09. The Morgan fingerprint density at radius 3 is 2.91 bits per heavy atom. The summed E-state index contributed by atoms with van der Waals surface area (Å²) in [5.41, 5.74) is 4.34. The molecule has 0 aromatic carbocycles. The molecular formula is C19H22N2S. The van der Waals surface area contributed by atoms with Gasteiger partial charge in [-0.15, -0.1) is 11.3 Å². The molecule has 0 N–H and O–H groups in total. The summed E-state index contributed by atoms with van der Waals surface area (Å²) in [5.74, 6) is 0. The molecule has 0 amide bonds. The van der Waals surface area contributed by atoms with Crippen LogP contribution in [0.15, 0.2) is 75.9 Å². The maximum absolute atomic E-state index is 4.62. The summed E-state index contributed by atoms with van der Waals surface area (Å²) >= 11 is 1.79. The minimum atomic E-state index is 0.824. The lowest BCUT2D eigenvalue weighted by Gasteiger charge is -2.05. The van der Waals surface area contributed by atoms with E-state index in [9.17, 15) is 0 Å². The van der Waals surface area contributed by atoms with Crippen LogP contribution in [0.5, 0.6) is 0 Å². The van der Waals surface area contributed by atoms with Crippen molar-refractivity contribution < 1.29 is 0 Å². The predicted molar refractivity (Wildman–Crippen MR) is 99.0 cm³/mol. The Bertz CT molecular complexity index is 656. The zero-order valence-corrected chi connectivity index (χ0v) is 14.1. The van der Waals surface area contributed by atoms with Crippen molar-refractivity contribution >= 4 is 22.8 Å². The predicted octanol–water partition coefficient (Wildman–Crippen LogP) is 5.52. The average molecular weight is 310 g/mol. The van der Waals surface area contributed by atoms with E-state index in [1.165, 1.54) is 10.5 Å². The van der Waals surface area contributed by atoms with Gasteiger partial charge in [0, 0.05) is 17.3 Å². The first kappa shape index (κ1) is 16.4. The van der Waals surface area contributed by atoms with Crippen LogP contribution in [0.2, 0.25) is 0 Å². The number of hydrogen-bond acceptors (Lipinski definition) is 3. The summed E-state index contributed by atoms with van der Waals surface area (Å²) < 4.78 is 0. The Kier molecular flexibility index (Phi) is 6.28. The number of rotatable bonds is 5. The maximum Gasteiger partial charge on any atom is 0.0618 e. The Morgan fingerprint density at radius 1 is 1.36 bits per heavy atom. The smallest absolute Gasteiger partial charge is 0.0618 e. The van der Waals surface area contributed by atoms with Crippen molar-refractivity contribution in [2.75, 3.05) is 0 Å². The molecule has 2 heterocycles. The van der Waals surface area contributed by atoms with Crippen LogP contribution in [0.25, 0.3) is 0 Å². The minimum absolute atomic E-state index is 0.824. The first-order valence-electron chi connectivity index (χ1n) is 7.51. The fourth-order valence-electron chi connectivity index (χ4n) is 2.29. The van der Waals surface area contributed by atoms with E-state index >= 15 is 0 Å².